The van der Waals surface area contributed by atoms with Crippen LogP contribution >= 0.6 is 0 Å². The highest BCUT2D eigenvalue weighted by Gasteiger charge is 1.97. The Labute approximate surface area is 63.7 Å². The van der Waals surface area contributed by atoms with E-state index in [2.05, 4.69) is 24.1 Å². The van der Waals surface area contributed by atoms with Gasteiger partial charge in [-0.25, -0.2) is 0 Å². The number of allylic oxidation sites excluding steroid dienone is 2. The van der Waals surface area contributed by atoms with E-state index in [0.29, 0.717) is 0 Å². The molecule has 1 aliphatic heterocycles. The largest absolute Gasteiger partial charge is 0.306 e. The van der Waals surface area contributed by atoms with Crippen LogP contribution in [-0.4, -0.2) is 25.0 Å². The average molecular weight is 139 g/mol. The van der Waals surface area contributed by atoms with Gasteiger partial charge in [0.25, 0.3) is 0 Å². The predicted molar refractivity (Wildman–Crippen MR) is 45.1 cm³/mol. The zero-order valence-electron chi connectivity index (χ0n) is 6.84. The van der Waals surface area contributed by atoms with Crippen molar-refractivity contribution in [2.24, 2.45) is 0 Å². The topological polar surface area (TPSA) is 3.24 Å². The normalized spacial score (nSPS) is 26.5. The molecule has 0 amide bonds. The minimum atomic E-state index is 1.27. The second-order valence-electron chi connectivity index (χ2n) is 3.06. The molecule has 0 radical (unpaired) electrons. The van der Waals surface area contributed by atoms with Crippen molar-refractivity contribution in [3.05, 3.63) is 12.2 Å². The molecule has 0 N–H and O–H groups in total. The summed E-state index contributed by atoms with van der Waals surface area (Å²) in [5.74, 6) is 0. The molecule has 0 aromatic rings. The summed E-state index contributed by atoms with van der Waals surface area (Å²) in [6, 6.07) is 0. The summed E-state index contributed by atoms with van der Waals surface area (Å²) in [7, 11) is 2.21. The zero-order valence-corrected chi connectivity index (χ0v) is 6.84. The Morgan fingerprint density at radius 3 is 2.00 bits per heavy atom. The first-order valence-electron chi connectivity index (χ1n) is 4.23. The van der Waals surface area contributed by atoms with E-state index in [1.807, 2.05) is 0 Å². The minimum Gasteiger partial charge on any atom is -0.306 e. The molecule has 0 bridgehead atoms. The average Bonchev–Trinajstić information content (AvgIpc) is 2.02. The Balaban J connectivity index is 2.24. The van der Waals surface area contributed by atoms with Gasteiger partial charge in [-0.2, -0.15) is 0 Å². The van der Waals surface area contributed by atoms with Crippen LogP contribution in [0.25, 0.3) is 0 Å². The molecule has 1 heteroatoms. The van der Waals surface area contributed by atoms with Crippen molar-refractivity contribution in [1.82, 2.24) is 4.90 Å². The first-order valence-corrected chi connectivity index (χ1v) is 4.23. The molecule has 0 saturated heterocycles. The lowest BCUT2D eigenvalue weighted by Crippen LogP contribution is -2.20. The number of hydrogen-bond acceptors (Lipinski definition) is 1. The van der Waals surface area contributed by atoms with Crippen LogP contribution in [0.15, 0.2) is 12.2 Å². The lowest BCUT2D eigenvalue weighted by molar-refractivity contribution is 0.329. The maximum Gasteiger partial charge on any atom is -0.00188 e. The molecule has 1 nitrogen and oxygen atoms in total. The number of hydrogen-bond donors (Lipinski definition) is 0. The van der Waals surface area contributed by atoms with Gasteiger partial charge in [-0.1, -0.05) is 12.2 Å². The second kappa shape index (κ2) is 4.51. The molecule has 0 unspecified atom stereocenters. The van der Waals surface area contributed by atoms with Gasteiger partial charge >= 0.3 is 0 Å². The minimum absolute atomic E-state index is 1.27. The molecule has 58 valence electrons. The molecule has 1 aliphatic rings. The molecule has 0 saturated carbocycles. The summed E-state index contributed by atoms with van der Waals surface area (Å²) in [6.07, 6.45) is 9.83. The van der Waals surface area contributed by atoms with E-state index >= 15 is 0 Å². The standard InChI is InChI=1S/C9H17N/c1-10-8-6-4-2-3-5-7-9-10/h2-3H,4-9H2,1H3/b3-2+. The summed E-state index contributed by atoms with van der Waals surface area (Å²) >= 11 is 0. The summed E-state index contributed by atoms with van der Waals surface area (Å²) in [4.78, 5) is 2.42. The van der Waals surface area contributed by atoms with E-state index in [4.69, 9.17) is 0 Å². The molecule has 0 aliphatic carbocycles. The highest BCUT2D eigenvalue weighted by Crippen LogP contribution is 2.02. The molecule has 0 aromatic carbocycles. The fourth-order valence-corrected chi connectivity index (χ4v) is 1.31. The fraction of sp³-hybridized carbons (Fsp3) is 0.778. The van der Waals surface area contributed by atoms with Gasteiger partial charge in [0.1, 0.15) is 0 Å². The monoisotopic (exact) mass is 139 g/mol. The molecular formula is C9H17N. The fourth-order valence-electron chi connectivity index (χ4n) is 1.31. The Hall–Kier alpha value is -0.300. The van der Waals surface area contributed by atoms with Crippen LogP contribution in [0.4, 0.5) is 0 Å². The molecule has 0 fully saturated rings. The van der Waals surface area contributed by atoms with Gasteiger partial charge in [-0.05, 0) is 45.8 Å². The lowest BCUT2D eigenvalue weighted by Gasteiger charge is -2.13. The van der Waals surface area contributed by atoms with Gasteiger partial charge in [-0.3, -0.25) is 0 Å². The van der Waals surface area contributed by atoms with Crippen LogP contribution in [0, 0.1) is 0 Å². The van der Waals surface area contributed by atoms with E-state index in [0.717, 1.165) is 0 Å². The van der Waals surface area contributed by atoms with Crippen LogP contribution in [0.1, 0.15) is 25.7 Å². The first kappa shape index (κ1) is 7.80. The molecule has 0 atom stereocenters. The quantitative estimate of drug-likeness (QED) is 0.464. The maximum atomic E-state index is 2.42. The van der Waals surface area contributed by atoms with Crippen molar-refractivity contribution in [1.29, 1.82) is 0 Å². The second-order valence-corrected chi connectivity index (χ2v) is 3.06. The Bertz CT molecular complexity index is 95.3. The summed E-state index contributed by atoms with van der Waals surface area (Å²) < 4.78 is 0. The maximum absolute atomic E-state index is 2.42. The first-order chi connectivity index (χ1) is 4.89. The number of nitrogens with zero attached hydrogens (tertiary/aromatic N) is 1. The van der Waals surface area contributed by atoms with E-state index < -0.39 is 0 Å². The smallest absolute Gasteiger partial charge is 0.00188 e. The Morgan fingerprint density at radius 1 is 1.00 bits per heavy atom. The third kappa shape index (κ3) is 3.02. The van der Waals surface area contributed by atoms with Gasteiger partial charge in [0.05, 0.1) is 0 Å². The summed E-state index contributed by atoms with van der Waals surface area (Å²) in [5.41, 5.74) is 0. The van der Waals surface area contributed by atoms with Crippen molar-refractivity contribution in [3.8, 4) is 0 Å². The molecule has 1 rings (SSSR count). The third-order valence-corrected chi connectivity index (χ3v) is 1.99. The lowest BCUT2D eigenvalue weighted by atomic mass is 10.2. The zero-order chi connectivity index (χ0) is 7.23. The highest BCUT2D eigenvalue weighted by atomic mass is 15.1. The third-order valence-electron chi connectivity index (χ3n) is 1.99. The van der Waals surface area contributed by atoms with E-state index in [1.54, 1.807) is 0 Å². The van der Waals surface area contributed by atoms with Gasteiger partial charge in [-0.15, -0.1) is 0 Å². The Morgan fingerprint density at radius 2 is 1.50 bits per heavy atom. The molecule has 1 heterocycles. The van der Waals surface area contributed by atoms with Crippen molar-refractivity contribution < 1.29 is 0 Å². The van der Waals surface area contributed by atoms with Crippen molar-refractivity contribution >= 4 is 0 Å². The van der Waals surface area contributed by atoms with E-state index in [1.165, 1.54) is 38.8 Å². The van der Waals surface area contributed by atoms with Gasteiger partial charge in [0, 0.05) is 0 Å². The van der Waals surface area contributed by atoms with Crippen molar-refractivity contribution in [3.63, 3.8) is 0 Å². The van der Waals surface area contributed by atoms with Crippen LogP contribution < -0.4 is 0 Å². The highest BCUT2D eigenvalue weighted by molar-refractivity contribution is 4.83. The van der Waals surface area contributed by atoms with Crippen LogP contribution in [0.5, 0.6) is 0 Å². The van der Waals surface area contributed by atoms with Crippen molar-refractivity contribution in [2.75, 3.05) is 20.1 Å². The van der Waals surface area contributed by atoms with Crippen molar-refractivity contribution in [2.45, 2.75) is 25.7 Å². The van der Waals surface area contributed by atoms with Gasteiger partial charge in [0.2, 0.25) is 0 Å². The van der Waals surface area contributed by atoms with Crippen LogP contribution in [-0.2, 0) is 0 Å². The predicted octanol–water partition coefficient (Wildman–Crippen LogP) is 2.05. The summed E-state index contributed by atoms with van der Waals surface area (Å²) in [6.45, 7) is 2.54. The van der Waals surface area contributed by atoms with E-state index in [9.17, 15) is 0 Å². The SMILES string of the molecule is CN1CCC/C=C/CCC1. The van der Waals surface area contributed by atoms with E-state index in [-0.39, 0.29) is 0 Å². The van der Waals surface area contributed by atoms with Crippen LogP contribution in [0.3, 0.4) is 0 Å². The van der Waals surface area contributed by atoms with Crippen LogP contribution in [0.2, 0.25) is 0 Å². The summed E-state index contributed by atoms with van der Waals surface area (Å²) in [5, 5.41) is 0. The Kier molecular flexibility index (Phi) is 3.52. The van der Waals surface area contributed by atoms with Gasteiger partial charge in [0.15, 0.2) is 0 Å². The molecule has 10 heavy (non-hydrogen) atoms. The number of rotatable bonds is 0. The molecule has 0 aromatic heterocycles. The van der Waals surface area contributed by atoms with Gasteiger partial charge < -0.3 is 4.90 Å². The molecule has 0 spiro atoms. The molecular weight excluding hydrogens is 122 g/mol.